The zero-order valence-electron chi connectivity index (χ0n) is 19.8. The minimum Gasteiger partial charge on any atom is -0.494 e. The molecule has 176 valence electrons. The molecule has 1 fully saturated rings. The first-order chi connectivity index (χ1) is 15.8. The number of carbonyl (C=O) groups excluding carboxylic acids is 2. The fourth-order valence-electron chi connectivity index (χ4n) is 3.50. The summed E-state index contributed by atoms with van der Waals surface area (Å²) in [6, 6.07) is 11.6. The number of ether oxygens (including phenoxy) is 3. The molecule has 0 radical (unpaired) electrons. The van der Waals surface area contributed by atoms with Crippen LogP contribution in [0, 0.1) is 6.92 Å². The molecule has 1 saturated heterocycles. The van der Waals surface area contributed by atoms with Crippen molar-refractivity contribution in [3.63, 3.8) is 0 Å². The van der Waals surface area contributed by atoms with E-state index in [1.807, 2.05) is 39.0 Å². The zero-order valence-corrected chi connectivity index (χ0v) is 20.7. The number of nitrogens with zero attached hydrogens (tertiary/aromatic N) is 1. The first-order valence-electron chi connectivity index (χ1n) is 11.2. The zero-order chi connectivity index (χ0) is 24.0. The van der Waals surface area contributed by atoms with Crippen LogP contribution in [-0.2, 0) is 4.79 Å². The lowest BCUT2D eigenvalue weighted by Gasteiger charge is -2.17. The Kier molecular flexibility index (Phi) is 8.44. The van der Waals surface area contributed by atoms with Gasteiger partial charge in [0.05, 0.1) is 24.7 Å². The molecule has 0 aromatic heterocycles. The van der Waals surface area contributed by atoms with Gasteiger partial charge in [-0.05, 0) is 73.9 Å². The van der Waals surface area contributed by atoms with Crippen molar-refractivity contribution in [2.24, 2.45) is 0 Å². The molecular weight excluding hydrogens is 438 g/mol. The monoisotopic (exact) mass is 469 g/mol. The summed E-state index contributed by atoms with van der Waals surface area (Å²) in [6.07, 6.45) is 1.70. The van der Waals surface area contributed by atoms with Gasteiger partial charge in [0.1, 0.15) is 23.9 Å². The molecule has 0 spiro atoms. The number of aryl methyl sites for hydroxylation is 1. The van der Waals surface area contributed by atoms with Crippen LogP contribution in [0.4, 0.5) is 4.79 Å². The van der Waals surface area contributed by atoms with E-state index in [4.69, 9.17) is 14.2 Å². The molecule has 2 amide bonds. The van der Waals surface area contributed by atoms with E-state index in [0.717, 1.165) is 34.2 Å². The van der Waals surface area contributed by atoms with Crippen LogP contribution in [0.25, 0.3) is 6.08 Å². The summed E-state index contributed by atoms with van der Waals surface area (Å²) in [5, 5.41) is -0.299. The van der Waals surface area contributed by atoms with E-state index in [0.29, 0.717) is 35.5 Å². The van der Waals surface area contributed by atoms with Crippen molar-refractivity contribution >= 4 is 29.0 Å². The standard InChI is InChI=1S/C26H31NO5S/c1-6-30-20-10-9-19(22(16-20)31-7-2)15-24-25(28)27(26(29)33-24)12-13-32-23-14-18(5)8-11-21(23)17(3)4/h8-11,14-17H,6-7,12-13H2,1-5H3/b24-15-. The number of imide groups is 1. The summed E-state index contributed by atoms with van der Waals surface area (Å²) in [6.45, 7) is 11.5. The topological polar surface area (TPSA) is 65.1 Å². The second-order valence-corrected chi connectivity index (χ2v) is 8.94. The highest BCUT2D eigenvalue weighted by atomic mass is 32.2. The van der Waals surface area contributed by atoms with Gasteiger partial charge in [0.25, 0.3) is 11.1 Å². The fraction of sp³-hybridized carbons (Fsp3) is 0.385. The number of hydrogen-bond acceptors (Lipinski definition) is 6. The number of benzene rings is 2. The van der Waals surface area contributed by atoms with Crippen molar-refractivity contribution in [1.29, 1.82) is 0 Å². The first kappa shape index (κ1) is 24.7. The summed E-state index contributed by atoms with van der Waals surface area (Å²) in [5.41, 5.74) is 2.93. The van der Waals surface area contributed by atoms with Gasteiger partial charge in [-0.1, -0.05) is 26.0 Å². The molecule has 0 aliphatic carbocycles. The van der Waals surface area contributed by atoms with Crippen molar-refractivity contribution < 1.29 is 23.8 Å². The fourth-order valence-corrected chi connectivity index (χ4v) is 4.35. The second kappa shape index (κ2) is 11.3. The molecule has 1 aliphatic rings. The number of amides is 2. The Morgan fingerprint density at radius 3 is 2.42 bits per heavy atom. The van der Waals surface area contributed by atoms with E-state index in [9.17, 15) is 9.59 Å². The number of carbonyl (C=O) groups is 2. The lowest BCUT2D eigenvalue weighted by Crippen LogP contribution is -2.32. The van der Waals surface area contributed by atoms with Crippen LogP contribution >= 0.6 is 11.8 Å². The van der Waals surface area contributed by atoms with E-state index in [-0.39, 0.29) is 24.3 Å². The molecule has 2 aromatic rings. The van der Waals surface area contributed by atoms with Gasteiger partial charge < -0.3 is 14.2 Å². The molecule has 7 heteroatoms. The molecule has 0 atom stereocenters. The third kappa shape index (κ3) is 6.11. The Hall–Kier alpha value is -2.93. The quantitative estimate of drug-likeness (QED) is 0.396. The van der Waals surface area contributed by atoms with Gasteiger partial charge in [0, 0.05) is 11.6 Å². The lowest BCUT2D eigenvalue weighted by atomic mass is 10.0. The Morgan fingerprint density at radius 2 is 1.73 bits per heavy atom. The molecule has 0 unspecified atom stereocenters. The van der Waals surface area contributed by atoms with Crippen molar-refractivity contribution in [2.45, 2.75) is 40.5 Å². The van der Waals surface area contributed by atoms with Crippen molar-refractivity contribution in [3.8, 4) is 17.2 Å². The lowest BCUT2D eigenvalue weighted by molar-refractivity contribution is -0.123. The summed E-state index contributed by atoms with van der Waals surface area (Å²) >= 11 is 0.931. The molecule has 1 heterocycles. The van der Waals surface area contributed by atoms with Crippen LogP contribution in [0.15, 0.2) is 41.3 Å². The predicted octanol–water partition coefficient (Wildman–Crippen LogP) is 6.03. The maximum atomic E-state index is 12.9. The molecule has 0 bridgehead atoms. The van der Waals surface area contributed by atoms with Crippen LogP contribution in [0.5, 0.6) is 17.2 Å². The van der Waals surface area contributed by atoms with Crippen molar-refractivity contribution in [2.75, 3.05) is 26.4 Å². The van der Waals surface area contributed by atoms with Crippen LogP contribution < -0.4 is 14.2 Å². The molecule has 33 heavy (non-hydrogen) atoms. The highest BCUT2D eigenvalue weighted by Crippen LogP contribution is 2.35. The van der Waals surface area contributed by atoms with E-state index >= 15 is 0 Å². The molecule has 3 rings (SSSR count). The Labute approximate surface area is 199 Å². The van der Waals surface area contributed by atoms with Gasteiger partial charge >= 0.3 is 0 Å². The number of rotatable bonds is 10. The Bertz CT molecular complexity index is 1050. The number of thioether (sulfide) groups is 1. The largest absolute Gasteiger partial charge is 0.494 e. The van der Waals surface area contributed by atoms with E-state index in [1.54, 1.807) is 12.1 Å². The van der Waals surface area contributed by atoms with Crippen LogP contribution in [-0.4, -0.2) is 42.4 Å². The van der Waals surface area contributed by atoms with Gasteiger partial charge in [-0.15, -0.1) is 0 Å². The molecule has 1 aliphatic heterocycles. The maximum Gasteiger partial charge on any atom is 0.293 e. The summed E-state index contributed by atoms with van der Waals surface area (Å²) in [7, 11) is 0. The van der Waals surface area contributed by atoms with Crippen molar-refractivity contribution in [1.82, 2.24) is 4.90 Å². The average molecular weight is 470 g/mol. The summed E-state index contributed by atoms with van der Waals surface area (Å²) in [4.78, 5) is 27.0. The molecular formula is C26H31NO5S. The molecule has 0 N–H and O–H groups in total. The van der Waals surface area contributed by atoms with Gasteiger partial charge in [0.2, 0.25) is 0 Å². The van der Waals surface area contributed by atoms with Crippen LogP contribution in [0.1, 0.15) is 50.3 Å². The predicted molar refractivity (Wildman–Crippen MR) is 132 cm³/mol. The third-order valence-corrected chi connectivity index (χ3v) is 6.03. The normalized spacial score (nSPS) is 15.0. The Balaban J connectivity index is 1.71. The highest BCUT2D eigenvalue weighted by molar-refractivity contribution is 8.18. The molecule has 0 saturated carbocycles. The van der Waals surface area contributed by atoms with E-state index in [2.05, 4.69) is 26.0 Å². The molecule has 6 nitrogen and oxygen atoms in total. The van der Waals surface area contributed by atoms with E-state index < -0.39 is 0 Å². The summed E-state index contributed by atoms with van der Waals surface area (Å²) in [5.74, 6) is 2.09. The van der Waals surface area contributed by atoms with Crippen LogP contribution in [0.2, 0.25) is 0 Å². The van der Waals surface area contributed by atoms with Gasteiger partial charge in [-0.3, -0.25) is 14.5 Å². The highest BCUT2D eigenvalue weighted by Gasteiger charge is 2.35. The first-order valence-corrected chi connectivity index (χ1v) is 12.0. The SMILES string of the molecule is CCOc1ccc(/C=C2\SC(=O)N(CCOc3cc(C)ccc3C(C)C)C2=O)c(OCC)c1. The minimum atomic E-state index is -0.321. The van der Waals surface area contributed by atoms with Gasteiger partial charge in [-0.2, -0.15) is 0 Å². The third-order valence-electron chi connectivity index (χ3n) is 5.12. The average Bonchev–Trinajstić information content (AvgIpc) is 3.03. The van der Waals surface area contributed by atoms with Gasteiger partial charge in [-0.25, -0.2) is 0 Å². The van der Waals surface area contributed by atoms with E-state index in [1.165, 1.54) is 4.90 Å². The van der Waals surface area contributed by atoms with Crippen LogP contribution in [0.3, 0.4) is 0 Å². The maximum absolute atomic E-state index is 12.9. The van der Waals surface area contributed by atoms with Gasteiger partial charge in [0.15, 0.2) is 0 Å². The molecule has 2 aromatic carbocycles. The second-order valence-electron chi connectivity index (χ2n) is 7.94. The summed E-state index contributed by atoms with van der Waals surface area (Å²) < 4.78 is 17.2. The minimum absolute atomic E-state index is 0.190. The number of hydrogen-bond donors (Lipinski definition) is 0. The smallest absolute Gasteiger partial charge is 0.293 e. The Morgan fingerprint density at radius 1 is 0.970 bits per heavy atom. The van der Waals surface area contributed by atoms with Crippen molar-refractivity contribution in [3.05, 3.63) is 58.0 Å².